The molecule has 2 saturated heterocycles. The van der Waals surface area contributed by atoms with E-state index in [4.69, 9.17) is 11.6 Å². The van der Waals surface area contributed by atoms with Crippen molar-refractivity contribution in [1.29, 1.82) is 0 Å². The Morgan fingerprint density at radius 2 is 1.79 bits per heavy atom. The Balaban J connectivity index is 0.942. The van der Waals surface area contributed by atoms with Crippen LogP contribution in [-0.2, 0) is 14.4 Å². The number of anilines is 4. The van der Waals surface area contributed by atoms with Crippen molar-refractivity contribution in [3.63, 3.8) is 0 Å². The summed E-state index contributed by atoms with van der Waals surface area (Å²) in [6.45, 7) is 5.55. The van der Waals surface area contributed by atoms with Crippen LogP contribution in [0, 0.1) is 13.8 Å². The van der Waals surface area contributed by atoms with Gasteiger partial charge in [-0.3, -0.25) is 39.0 Å². The number of aromatic nitrogens is 3. The number of hydrogen-bond acceptors (Lipinski definition) is 13. The summed E-state index contributed by atoms with van der Waals surface area (Å²) in [7, 11) is 0. The van der Waals surface area contributed by atoms with Gasteiger partial charge in [-0.2, -0.15) is 0 Å². The fourth-order valence-electron chi connectivity index (χ4n) is 6.31. The molecule has 6 amide bonds. The number of carbonyl (C=O) groups is 6. The van der Waals surface area contributed by atoms with Crippen LogP contribution in [0.3, 0.4) is 0 Å². The molecule has 15 nitrogen and oxygen atoms in total. The van der Waals surface area contributed by atoms with Crippen LogP contribution in [0.25, 0.3) is 0 Å². The lowest BCUT2D eigenvalue weighted by Crippen LogP contribution is -2.54. The number of piperidine rings is 1. The van der Waals surface area contributed by atoms with E-state index in [2.05, 4.69) is 35.8 Å². The molecule has 1 unspecified atom stereocenters. The summed E-state index contributed by atoms with van der Waals surface area (Å²) in [5.41, 5.74) is 1.73. The van der Waals surface area contributed by atoms with Gasteiger partial charge in [0, 0.05) is 43.6 Å². The van der Waals surface area contributed by atoms with E-state index in [1.165, 1.54) is 35.4 Å². The maximum Gasteiger partial charge on any atom is 0.267 e. The molecule has 5 heterocycles. The molecule has 272 valence electrons. The number of amides is 6. The molecular weight excluding hydrogens is 742 g/mol. The van der Waals surface area contributed by atoms with E-state index < -0.39 is 29.7 Å². The number of piperazine rings is 1. The summed E-state index contributed by atoms with van der Waals surface area (Å²) in [5.74, 6) is -1.02. The Kier molecular flexibility index (Phi) is 10.1. The van der Waals surface area contributed by atoms with Crippen LogP contribution in [0.2, 0.25) is 5.02 Å². The number of rotatable bonds is 9. The summed E-state index contributed by atoms with van der Waals surface area (Å²) < 4.78 is 0. The lowest BCUT2D eigenvalue weighted by atomic mass is 10.0. The molecule has 7 rings (SSSR count). The highest BCUT2D eigenvalue weighted by Crippen LogP contribution is 2.35. The lowest BCUT2D eigenvalue weighted by molar-refractivity contribution is -0.136. The molecule has 0 radical (unpaired) electrons. The SMILES string of the molecule is Cc1nc(Nc2ncc(C(=O)Nc3c(C)cccc3Cl)s2)cc(N2CCN(C(=O)CSc3cccc4c3C(=O)N(C3CCC(=O)NC3=O)C4=O)CC2)n1. The Labute approximate surface area is 316 Å². The van der Waals surface area contributed by atoms with Gasteiger partial charge in [0.05, 0.1) is 33.8 Å². The second-order valence-electron chi connectivity index (χ2n) is 12.5. The second-order valence-corrected chi connectivity index (χ2v) is 14.9. The number of nitrogens with one attached hydrogen (secondary N) is 3. The van der Waals surface area contributed by atoms with Crippen LogP contribution in [0.15, 0.2) is 53.6 Å². The van der Waals surface area contributed by atoms with E-state index >= 15 is 0 Å². The van der Waals surface area contributed by atoms with Gasteiger partial charge >= 0.3 is 0 Å². The van der Waals surface area contributed by atoms with Gasteiger partial charge in [-0.15, -0.1) is 11.8 Å². The molecule has 2 aromatic heterocycles. The first-order valence-electron chi connectivity index (χ1n) is 16.6. The van der Waals surface area contributed by atoms with Crippen molar-refractivity contribution in [1.82, 2.24) is 30.1 Å². The zero-order valence-corrected chi connectivity index (χ0v) is 30.9. The molecule has 1 atom stereocenters. The van der Waals surface area contributed by atoms with E-state index in [0.717, 1.165) is 10.5 Å². The Bertz CT molecular complexity index is 2170. The van der Waals surface area contributed by atoms with Gasteiger partial charge in [-0.1, -0.05) is 41.1 Å². The van der Waals surface area contributed by atoms with Gasteiger partial charge in [-0.25, -0.2) is 15.0 Å². The summed E-state index contributed by atoms with van der Waals surface area (Å²) in [5, 5.41) is 9.14. The highest BCUT2D eigenvalue weighted by atomic mass is 35.5. The largest absolute Gasteiger partial charge is 0.353 e. The minimum absolute atomic E-state index is 0.0308. The van der Waals surface area contributed by atoms with E-state index in [0.29, 0.717) is 69.3 Å². The topological polar surface area (TPSA) is 187 Å². The molecule has 0 bridgehead atoms. The van der Waals surface area contributed by atoms with Gasteiger partial charge in [0.2, 0.25) is 17.7 Å². The Hall–Kier alpha value is -5.39. The lowest BCUT2D eigenvalue weighted by Gasteiger charge is -2.35. The third-order valence-electron chi connectivity index (χ3n) is 8.99. The minimum Gasteiger partial charge on any atom is -0.353 e. The molecule has 0 spiro atoms. The average molecular weight is 774 g/mol. The summed E-state index contributed by atoms with van der Waals surface area (Å²) in [4.78, 5) is 95.9. The van der Waals surface area contributed by atoms with E-state index in [1.807, 2.05) is 19.1 Å². The molecule has 3 N–H and O–H groups in total. The summed E-state index contributed by atoms with van der Waals surface area (Å²) in [6, 6.07) is 11.0. The number of nitrogens with zero attached hydrogens (tertiary/aromatic N) is 6. The van der Waals surface area contributed by atoms with Crippen LogP contribution in [-0.4, -0.2) is 98.2 Å². The standard InChI is InChI=1S/C35H32ClN9O6S2/c1-18-5-3-7-21(36)30(18)42-32(49)24-16-37-35(53-24)40-25-15-26(39-19(2)38-25)43-11-13-44(14-12-43)28(47)17-52-23-8-4-6-20-29(23)34(51)45(33(20)50)22-9-10-27(46)41-31(22)48/h3-8,15-16,22H,9-14,17H2,1-2H3,(H,42,49)(H,41,46,48)(H,37,38,39,40). The van der Waals surface area contributed by atoms with Gasteiger partial charge in [0.25, 0.3) is 17.7 Å². The number of halogens is 1. The van der Waals surface area contributed by atoms with E-state index in [9.17, 15) is 28.8 Å². The highest BCUT2D eigenvalue weighted by Gasteiger charge is 2.45. The maximum atomic E-state index is 13.4. The zero-order chi connectivity index (χ0) is 37.4. The molecule has 53 heavy (non-hydrogen) atoms. The highest BCUT2D eigenvalue weighted by molar-refractivity contribution is 8.00. The average Bonchev–Trinajstić information content (AvgIpc) is 3.70. The molecule has 3 aliphatic heterocycles. The molecule has 0 saturated carbocycles. The molecule has 18 heteroatoms. The van der Waals surface area contributed by atoms with Crippen LogP contribution >= 0.6 is 34.7 Å². The first kappa shape index (κ1) is 36.0. The van der Waals surface area contributed by atoms with Gasteiger partial charge in [-0.05, 0) is 44.0 Å². The van der Waals surface area contributed by atoms with Crippen molar-refractivity contribution in [3.8, 4) is 0 Å². The quantitative estimate of drug-likeness (QED) is 0.164. The Morgan fingerprint density at radius 3 is 2.55 bits per heavy atom. The van der Waals surface area contributed by atoms with E-state index in [-0.39, 0.29) is 41.5 Å². The van der Waals surface area contributed by atoms with E-state index in [1.54, 1.807) is 36.1 Å². The number of carbonyl (C=O) groups excluding carboxylic acids is 6. The number of imide groups is 2. The van der Waals surface area contributed by atoms with Crippen molar-refractivity contribution >= 4 is 92.6 Å². The third-order valence-corrected chi connectivity index (χ3v) is 11.3. The smallest absolute Gasteiger partial charge is 0.267 e. The van der Waals surface area contributed by atoms with Crippen LogP contribution < -0.4 is 20.9 Å². The van der Waals surface area contributed by atoms with Crippen LogP contribution in [0.4, 0.5) is 22.5 Å². The predicted octanol–water partition coefficient (Wildman–Crippen LogP) is 4.04. The van der Waals surface area contributed by atoms with Crippen molar-refractivity contribution < 1.29 is 28.8 Å². The minimum atomic E-state index is -1.06. The fraction of sp³-hybridized carbons (Fsp3) is 0.286. The Morgan fingerprint density at radius 1 is 1.02 bits per heavy atom. The van der Waals surface area contributed by atoms with Crippen molar-refractivity contribution in [2.75, 3.05) is 47.5 Å². The van der Waals surface area contributed by atoms with Gasteiger partial charge < -0.3 is 20.4 Å². The molecular formula is C35H32ClN9O6S2. The zero-order valence-electron chi connectivity index (χ0n) is 28.5. The number of benzene rings is 2. The van der Waals surface area contributed by atoms with Crippen molar-refractivity contribution in [3.05, 3.63) is 81.1 Å². The molecule has 2 aromatic carbocycles. The van der Waals surface area contributed by atoms with Gasteiger partial charge in [0.15, 0.2) is 5.13 Å². The predicted molar refractivity (Wildman–Crippen MR) is 199 cm³/mol. The van der Waals surface area contributed by atoms with Crippen LogP contribution in [0.5, 0.6) is 0 Å². The van der Waals surface area contributed by atoms with Crippen LogP contribution in [0.1, 0.15) is 54.6 Å². The number of aryl methyl sites for hydroxylation is 2. The monoisotopic (exact) mass is 773 g/mol. The molecule has 0 aliphatic carbocycles. The number of thioether (sulfide) groups is 1. The fourth-order valence-corrected chi connectivity index (χ4v) is 8.28. The summed E-state index contributed by atoms with van der Waals surface area (Å²) in [6.07, 6.45) is 1.58. The first-order chi connectivity index (χ1) is 25.5. The maximum absolute atomic E-state index is 13.4. The molecule has 3 aliphatic rings. The summed E-state index contributed by atoms with van der Waals surface area (Å²) >= 11 is 8.61. The normalized spacial score (nSPS) is 17.2. The van der Waals surface area contributed by atoms with Crippen molar-refractivity contribution in [2.45, 2.75) is 37.6 Å². The number of fused-ring (bicyclic) bond motifs is 1. The number of para-hydroxylation sites is 1. The van der Waals surface area contributed by atoms with Crippen molar-refractivity contribution in [2.24, 2.45) is 0 Å². The number of thiazole rings is 1. The first-order valence-corrected chi connectivity index (χ1v) is 18.8. The second kappa shape index (κ2) is 14.9. The van der Waals surface area contributed by atoms with Gasteiger partial charge in [0.1, 0.15) is 28.4 Å². The molecule has 4 aromatic rings. The third kappa shape index (κ3) is 7.45. The molecule has 2 fully saturated rings. The number of hydrogen-bond donors (Lipinski definition) is 3.